The van der Waals surface area contributed by atoms with Gasteiger partial charge in [-0.05, 0) is 33.6 Å². The summed E-state index contributed by atoms with van der Waals surface area (Å²) < 4.78 is 1.61. The Balaban J connectivity index is 2.43. The lowest BCUT2D eigenvalue weighted by Crippen LogP contribution is -2.28. The maximum Gasteiger partial charge on any atom is 0.141 e. The van der Waals surface area contributed by atoms with Crippen LogP contribution in [0.3, 0.4) is 0 Å². The average Bonchev–Trinajstić information content (AvgIpc) is 3.11. The zero-order chi connectivity index (χ0) is 15.1. The number of aromatic nitrogens is 2. The molecule has 0 unspecified atom stereocenters. The van der Waals surface area contributed by atoms with Gasteiger partial charge in [-0.3, -0.25) is 0 Å². The zero-order valence-electron chi connectivity index (χ0n) is 12.1. The molecule has 1 saturated carbocycles. The van der Waals surface area contributed by atoms with E-state index in [2.05, 4.69) is 11.2 Å². The standard InChI is InChI=1S/C13H21N7/c1-13(2,3)20-12(16)9(6-14)11(18-20)10(15)7-19(17)8-4-5-8/h7-8H,4-5,15-17H2,1-3H3/b10-7-. The fourth-order valence-electron chi connectivity index (χ4n) is 1.95. The fourth-order valence-corrected chi connectivity index (χ4v) is 1.95. The van der Waals surface area contributed by atoms with Gasteiger partial charge >= 0.3 is 0 Å². The minimum Gasteiger partial charge on any atom is -0.396 e. The van der Waals surface area contributed by atoms with Crippen LogP contribution in [0.15, 0.2) is 6.20 Å². The Bertz CT molecular complexity index is 581. The Morgan fingerprint density at radius 2 is 2.10 bits per heavy atom. The molecule has 0 bridgehead atoms. The lowest BCUT2D eigenvalue weighted by Gasteiger charge is -2.20. The van der Waals surface area contributed by atoms with E-state index in [1.807, 2.05) is 20.8 Å². The highest BCUT2D eigenvalue weighted by Crippen LogP contribution is 2.28. The molecule has 6 N–H and O–H groups in total. The van der Waals surface area contributed by atoms with Crippen molar-refractivity contribution in [1.82, 2.24) is 14.8 Å². The van der Waals surface area contributed by atoms with Crippen molar-refractivity contribution in [2.24, 2.45) is 11.6 Å². The molecule has 20 heavy (non-hydrogen) atoms. The van der Waals surface area contributed by atoms with Gasteiger partial charge in [-0.25, -0.2) is 10.5 Å². The molecule has 0 aromatic carbocycles. The average molecular weight is 275 g/mol. The van der Waals surface area contributed by atoms with Gasteiger partial charge in [0.05, 0.1) is 11.2 Å². The van der Waals surface area contributed by atoms with Crippen LogP contribution in [0.2, 0.25) is 0 Å². The van der Waals surface area contributed by atoms with Crippen molar-refractivity contribution >= 4 is 11.5 Å². The molecule has 7 heteroatoms. The summed E-state index contributed by atoms with van der Waals surface area (Å²) >= 11 is 0. The first-order valence-electron chi connectivity index (χ1n) is 6.55. The molecular weight excluding hydrogens is 254 g/mol. The number of rotatable bonds is 3. The van der Waals surface area contributed by atoms with E-state index >= 15 is 0 Å². The third-order valence-corrected chi connectivity index (χ3v) is 3.20. The minimum atomic E-state index is -0.326. The summed E-state index contributed by atoms with van der Waals surface area (Å²) in [5, 5.41) is 15.2. The van der Waals surface area contributed by atoms with E-state index in [9.17, 15) is 5.26 Å². The van der Waals surface area contributed by atoms with Crippen molar-refractivity contribution in [2.75, 3.05) is 5.73 Å². The second kappa shape index (κ2) is 4.72. The van der Waals surface area contributed by atoms with Gasteiger partial charge in [0, 0.05) is 12.2 Å². The summed E-state index contributed by atoms with van der Waals surface area (Å²) in [6.07, 6.45) is 3.74. The predicted octanol–water partition coefficient (Wildman–Crippen LogP) is 0.687. The monoisotopic (exact) mass is 275 g/mol. The van der Waals surface area contributed by atoms with Gasteiger partial charge in [0.2, 0.25) is 0 Å². The van der Waals surface area contributed by atoms with Crippen molar-refractivity contribution < 1.29 is 0 Å². The molecule has 108 valence electrons. The van der Waals surface area contributed by atoms with Gasteiger partial charge in [-0.15, -0.1) is 0 Å². The second-order valence-electron chi connectivity index (χ2n) is 6.07. The SMILES string of the molecule is CC(C)(C)n1nc(/C(N)=C/N(N)C2CC2)c(C#N)c1N. The molecule has 0 radical (unpaired) electrons. The molecule has 0 amide bonds. The first-order chi connectivity index (χ1) is 9.25. The quantitative estimate of drug-likeness (QED) is 0.551. The van der Waals surface area contributed by atoms with Crippen LogP contribution in [-0.2, 0) is 5.54 Å². The summed E-state index contributed by atoms with van der Waals surface area (Å²) in [5.41, 5.74) is 12.7. The van der Waals surface area contributed by atoms with Gasteiger partial charge in [0.25, 0.3) is 0 Å². The number of hydrogen-bond donors (Lipinski definition) is 3. The highest BCUT2D eigenvalue weighted by molar-refractivity contribution is 5.70. The van der Waals surface area contributed by atoms with E-state index in [1.54, 1.807) is 15.9 Å². The number of nitrogens with zero attached hydrogens (tertiary/aromatic N) is 4. The summed E-state index contributed by atoms with van der Waals surface area (Å²) in [4.78, 5) is 0. The van der Waals surface area contributed by atoms with E-state index in [1.165, 1.54) is 0 Å². The minimum absolute atomic E-state index is 0.290. The molecule has 0 spiro atoms. The fraction of sp³-hybridized carbons (Fsp3) is 0.538. The first-order valence-corrected chi connectivity index (χ1v) is 6.55. The molecule has 0 saturated heterocycles. The maximum absolute atomic E-state index is 9.27. The number of nitriles is 1. The summed E-state index contributed by atoms with van der Waals surface area (Å²) in [6.45, 7) is 5.88. The molecule has 1 heterocycles. The van der Waals surface area contributed by atoms with Crippen LogP contribution in [0.25, 0.3) is 5.70 Å². The van der Waals surface area contributed by atoms with E-state index < -0.39 is 0 Å². The molecule has 1 aromatic rings. The van der Waals surface area contributed by atoms with E-state index in [0.717, 1.165) is 12.8 Å². The Kier molecular flexibility index (Phi) is 3.36. The number of hydrogen-bond acceptors (Lipinski definition) is 6. The smallest absolute Gasteiger partial charge is 0.141 e. The van der Waals surface area contributed by atoms with Crippen molar-refractivity contribution in [3.05, 3.63) is 17.5 Å². The van der Waals surface area contributed by atoms with Crippen LogP contribution in [0, 0.1) is 11.3 Å². The predicted molar refractivity (Wildman–Crippen MR) is 77.6 cm³/mol. The molecule has 2 rings (SSSR count). The van der Waals surface area contributed by atoms with Gasteiger partial charge < -0.3 is 16.5 Å². The van der Waals surface area contributed by atoms with Crippen LogP contribution in [0.5, 0.6) is 0 Å². The summed E-state index contributed by atoms with van der Waals surface area (Å²) in [6, 6.07) is 2.40. The van der Waals surface area contributed by atoms with Crippen LogP contribution in [0.4, 0.5) is 5.82 Å². The molecular formula is C13H21N7. The molecule has 1 fully saturated rings. The molecule has 1 aliphatic rings. The highest BCUT2D eigenvalue weighted by atomic mass is 15.4. The molecule has 1 aromatic heterocycles. The number of hydrazine groups is 1. The lowest BCUT2D eigenvalue weighted by molar-refractivity contribution is 0.360. The van der Waals surface area contributed by atoms with Crippen molar-refractivity contribution in [2.45, 2.75) is 45.2 Å². The Morgan fingerprint density at radius 1 is 1.50 bits per heavy atom. The molecule has 7 nitrogen and oxygen atoms in total. The third kappa shape index (κ3) is 2.56. The van der Waals surface area contributed by atoms with E-state index in [-0.39, 0.29) is 11.1 Å². The molecule has 0 aliphatic heterocycles. The maximum atomic E-state index is 9.27. The number of nitrogen functional groups attached to an aromatic ring is 1. The van der Waals surface area contributed by atoms with Gasteiger partial charge in [-0.2, -0.15) is 10.4 Å². The van der Waals surface area contributed by atoms with Crippen LogP contribution in [0.1, 0.15) is 44.9 Å². The van der Waals surface area contributed by atoms with Crippen LogP contribution in [-0.4, -0.2) is 20.8 Å². The largest absolute Gasteiger partial charge is 0.396 e. The number of nitrogens with two attached hydrogens (primary N) is 3. The van der Waals surface area contributed by atoms with E-state index in [0.29, 0.717) is 23.3 Å². The van der Waals surface area contributed by atoms with Gasteiger partial charge in [-0.1, -0.05) is 0 Å². The van der Waals surface area contributed by atoms with Crippen molar-refractivity contribution in [3.8, 4) is 6.07 Å². The Hall–Kier alpha value is -2.20. The lowest BCUT2D eigenvalue weighted by atomic mass is 10.1. The van der Waals surface area contributed by atoms with Crippen molar-refractivity contribution in [3.63, 3.8) is 0 Å². The van der Waals surface area contributed by atoms with E-state index in [4.69, 9.17) is 17.3 Å². The van der Waals surface area contributed by atoms with Crippen LogP contribution >= 0.6 is 0 Å². The highest BCUT2D eigenvalue weighted by Gasteiger charge is 2.27. The third-order valence-electron chi connectivity index (χ3n) is 3.20. The topological polar surface area (TPSA) is 123 Å². The van der Waals surface area contributed by atoms with Crippen molar-refractivity contribution in [1.29, 1.82) is 5.26 Å². The Labute approximate surface area is 118 Å². The second-order valence-corrected chi connectivity index (χ2v) is 6.07. The molecule has 0 atom stereocenters. The zero-order valence-corrected chi connectivity index (χ0v) is 12.1. The molecule has 1 aliphatic carbocycles. The first kappa shape index (κ1) is 14.2. The summed E-state index contributed by atoms with van der Waals surface area (Å²) in [7, 11) is 0. The van der Waals surface area contributed by atoms with Crippen LogP contribution < -0.4 is 17.3 Å². The normalized spacial score (nSPS) is 16.1. The van der Waals surface area contributed by atoms with Gasteiger partial charge in [0.15, 0.2) is 0 Å². The number of anilines is 1. The Morgan fingerprint density at radius 3 is 2.55 bits per heavy atom. The van der Waals surface area contributed by atoms with Gasteiger partial charge in [0.1, 0.15) is 23.1 Å². The summed E-state index contributed by atoms with van der Waals surface area (Å²) in [5.74, 6) is 6.19.